The van der Waals surface area contributed by atoms with Crippen molar-refractivity contribution in [2.75, 3.05) is 6.61 Å². The van der Waals surface area contributed by atoms with Crippen molar-refractivity contribution in [2.45, 2.75) is 86.5 Å². The third-order valence-electron chi connectivity index (χ3n) is 5.31. The first kappa shape index (κ1) is 26.7. The molecular weight excluding hydrogens is 390 g/mol. The van der Waals surface area contributed by atoms with Crippen LogP contribution >= 0.6 is 0 Å². The summed E-state index contributed by atoms with van der Waals surface area (Å²) in [6.07, 6.45) is 8.15. The van der Waals surface area contributed by atoms with E-state index in [-0.39, 0.29) is 13.0 Å². The van der Waals surface area contributed by atoms with Gasteiger partial charge in [-0.05, 0) is 68.0 Å². The van der Waals surface area contributed by atoms with Crippen LogP contribution in [-0.4, -0.2) is 6.61 Å². The second-order valence-corrected chi connectivity index (χ2v) is 7.95. The van der Waals surface area contributed by atoms with Crippen molar-refractivity contribution in [3.8, 4) is 17.6 Å². The van der Waals surface area contributed by atoms with Crippen molar-refractivity contribution < 1.29 is 13.5 Å². The van der Waals surface area contributed by atoms with E-state index in [0.717, 1.165) is 48.1 Å². The summed E-state index contributed by atoms with van der Waals surface area (Å²) in [6, 6.07) is 7.17. The van der Waals surface area contributed by atoms with Gasteiger partial charge in [0.1, 0.15) is 5.75 Å². The largest absolute Gasteiger partial charge is 0.494 e. The Morgan fingerprint density at radius 2 is 1.45 bits per heavy atom. The van der Waals surface area contributed by atoms with Gasteiger partial charge in [0.15, 0.2) is 11.6 Å². The van der Waals surface area contributed by atoms with Crippen molar-refractivity contribution in [1.29, 1.82) is 0 Å². The molecule has 0 radical (unpaired) electrons. The Hall–Kier alpha value is -2.34. The lowest BCUT2D eigenvalue weighted by molar-refractivity contribution is 0.304. The highest BCUT2D eigenvalue weighted by Gasteiger charge is 2.12. The minimum absolute atomic E-state index is 0. The summed E-state index contributed by atoms with van der Waals surface area (Å²) >= 11 is 0. The van der Waals surface area contributed by atoms with Gasteiger partial charge in [-0.15, -0.1) is 0 Å². The molecule has 0 aliphatic carbocycles. The van der Waals surface area contributed by atoms with Gasteiger partial charge in [0, 0.05) is 5.56 Å². The highest BCUT2D eigenvalue weighted by Crippen LogP contribution is 2.23. The zero-order chi connectivity index (χ0) is 21.9. The third-order valence-corrected chi connectivity index (χ3v) is 5.31. The van der Waals surface area contributed by atoms with Gasteiger partial charge in [0.25, 0.3) is 0 Å². The molecule has 0 unspecified atom stereocenters. The Balaban J connectivity index is 0.00000480. The second kappa shape index (κ2) is 13.9. The van der Waals surface area contributed by atoms with E-state index in [1.54, 1.807) is 12.1 Å². The molecule has 2 aromatic rings. The summed E-state index contributed by atoms with van der Waals surface area (Å²) in [4.78, 5) is 0. The molecule has 170 valence electrons. The molecule has 0 N–H and O–H groups in total. The lowest BCUT2D eigenvalue weighted by atomic mass is 10.0. The standard InChI is InChI=1S/C27H34F2O.CH4/c1-5-7-9-11-17-30-24-18-20(3)25(21(4)19-24)16-15-23-14-13-22(12-10-8-6-2)26(28)27(23)29;/h13-14,18-19H,5-12,17H2,1-4H3;1H4. The minimum Gasteiger partial charge on any atom is -0.494 e. The number of benzene rings is 2. The lowest BCUT2D eigenvalue weighted by Gasteiger charge is -2.10. The zero-order valence-corrected chi connectivity index (χ0v) is 18.8. The summed E-state index contributed by atoms with van der Waals surface area (Å²) in [6.45, 7) is 8.92. The normalized spacial score (nSPS) is 10.3. The van der Waals surface area contributed by atoms with Gasteiger partial charge in [0.2, 0.25) is 0 Å². The average molecular weight is 429 g/mol. The molecule has 0 saturated heterocycles. The van der Waals surface area contributed by atoms with E-state index in [2.05, 4.69) is 25.7 Å². The maximum atomic E-state index is 14.5. The van der Waals surface area contributed by atoms with Gasteiger partial charge in [-0.3, -0.25) is 0 Å². The van der Waals surface area contributed by atoms with Crippen LogP contribution < -0.4 is 4.74 Å². The predicted molar refractivity (Wildman–Crippen MR) is 128 cm³/mol. The quantitative estimate of drug-likeness (QED) is 0.273. The van der Waals surface area contributed by atoms with E-state index in [4.69, 9.17) is 4.74 Å². The molecule has 0 spiro atoms. The molecule has 2 rings (SSSR count). The van der Waals surface area contributed by atoms with E-state index >= 15 is 0 Å². The van der Waals surface area contributed by atoms with Crippen molar-refractivity contribution in [1.82, 2.24) is 0 Å². The lowest BCUT2D eigenvalue weighted by Crippen LogP contribution is -2.00. The van der Waals surface area contributed by atoms with Crippen molar-refractivity contribution >= 4 is 0 Å². The molecule has 1 nitrogen and oxygen atoms in total. The third kappa shape index (κ3) is 8.02. The Labute approximate surface area is 188 Å². The summed E-state index contributed by atoms with van der Waals surface area (Å²) in [5, 5.41) is 0. The number of hydrogen-bond donors (Lipinski definition) is 0. The van der Waals surface area contributed by atoms with E-state index < -0.39 is 11.6 Å². The van der Waals surface area contributed by atoms with E-state index in [1.165, 1.54) is 19.3 Å². The molecule has 0 heterocycles. The van der Waals surface area contributed by atoms with Crippen molar-refractivity contribution in [2.24, 2.45) is 0 Å². The number of rotatable bonds is 10. The van der Waals surface area contributed by atoms with Crippen LogP contribution in [0.15, 0.2) is 24.3 Å². The first-order chi connectivity index (χ1) is 14.5. The molecule has 0 saturated carbocycles. The summed E-state index contributed by atoms with van der Waals surface area (Å²) in [5.74, 6) is 5.08. The fourth-order valence-electron chi connectivity index (χ4n) is 3.50. The van der Waals surface area contributed by atoms with Crippen molar-refractivity contribution in [3.63, 3.8) is 0 Å². The first-order valence-electron chi connectivity index (χ1n) is 11.2. The van der Waals surface area contributed by atoms with Crippen molar-refractivity contribution in [3.05, 3.63) is 63.7 Å². The van der Waals surface area contributed by atoms with Crippen LogP contribution in [0.5, 0.6) is 5.75 Å². The fraction of sp³-hybridized carbons (Fsp3) is 0.500. The monoisotopic (exact) mass is 428 g/mol. The summed E-state index contributed by atoms with van der Waals surface area (Å²) in [7, 11) is 0. The number of halogens is 2. The smallest absolute Gasteiger partial charge is 0.174 e. The van der Waals surface area contributed by atoms with E-state index in [1.807, 2.05) is 26.0 Å². The predicted octanol–water partition coefficient (Wildman–Crippen LogP) is 8.31. The van der Waals surface area contributed by atoms with Crippen LogP contribution in [0.1, 0.15) is 94.0 Å². The number of unbranched alkanes of at least 4 members (excludes halogenated alkanes) is 5. The highest BCUT2D eigenvalue weighted by atomic mass is 19.2. The molecule has 3 heteroatoms. The van der Waals surface area contributed by atoms with Crippen LogP contribution in [0, 0.1) is 37.3 Å². The van der Waals surface area contributed by atoms with Crippen LogP contribution in [0.25, 0.3) is 0 Å². The average Bonchev–Trinajstić information content (AvgIpc) is 2.72. The van der Waals surface area contributed by atoms with Crippen LogP contribution in [0.2, 0.25) is 0 Å². The van der Waals surface area contributed by atoms with Crippen LogP contribution in [0.4, 0.5) is 8.78 Å². The van der Waals surface area contributed by atoms with Gasteiger partial charge < -0.3 is 4.74 Å². The first-order valence-corrected chi connectivity index (χ1v) is 11.2. The molecule has 0 bridgehead atoms. The van der Waals surface area contributed by atoms with E-state index in [0.29, 0.717) is 18.6 Å². The number of ether oxygens (including phenoxy) is 1. The molecule has 31 heavy (non-hydrogen) atoms. The SMILES string of the molecule is C.CCCCCCOc1cc(C)c(C#Cc2ccc(CCCCC)c(F)c2F)c(C)c1. The maximum absolute atomic E-state index is 14.5. The van der Waals surface area contributed by atoms with E-state index in [9.17, 15) is 8.78 Å². The Bertz CT molecular complexity index is 867. The van der Waals surface area contributed by atoms with Gasteiger partial charge in [0.05, 0.1) is 12.2 Å². The van der Waals surface area contributed by atoms with Gasteiger partial charge >= 0.3 is 0 Å². The summed E-state index contributed by atoms with van der Waals surface area (Å²) in [5.41, 5.74) is 3.31. The molecule has 0 aromatic heterocycles. The molecule has 0 fully saturated rings. The van der Waals surface area contributed by atoms with Gasteiger partial charge in [-0.25, -0.2) is 8.78 Å². The maximum Gasteiger partial charge on any atom is 0.174 e. The second-order valence-electron chi connectivity index (χ2n) is 7.95. The Kier molecular flexibility index (Phi) is 11.9. The topological polar surface area (TPSA) is 9.23 Å². The minimum atomic E-state index is -0.848. The number of hydrogen-bond acceptors (Lipinski definition) is 1. The Morgan fingerprint density at radius 1 is 0.806 bits per heavy atom. The number of aryl methyl sites for hydroxylation is 3. The van der Waals surface area contributed by atoms with Gasteiger partial charge in [-0.2, -0.15) is 0 Å². The fourth-order valence-corrected chi connectivity index (χ4v) is 3.50. The molecule has 0 aliphatic rings. The Morgan fingerprint density at radius 3 is 2.10 bits per heavy atom. The molecule has 0 atom stereocenters. The van der Waals surface area contributed by atoms with Gasteiger partial charge in [-0.1, -0.05) is 71.3 Å². The zero-order valence-electron chi connectivity index (χ0n) is 18.8. The van der Waals surface area contributed by atoms with Crippen LogP contribution in [-0.2, 0) is 6.42 Å². The summed E-state index contributed by atoms with van der Waals surface area (Å²) < 4.78 is 34.7. The molecule has 0 amide bonds. The molecule has 2 aromatic carbocycles. The molecule has 0 aliphatic heterocycles. The van der Waals surface area contributed by atoms with Crippen LogP contribution in [0.3, 0.4) is 0 Å². The highest BCUT2D eigenvalue weighted by molar-refractivity contribution is 5.53. The molecular formula is C28H38F2O.